The number of halogens is 1. The molecule has 4 nitrogen and oxygen atoms in total. The molecule has 2 fully saturated rings. The molecule has 2 saturated heterocycles. The van der Waals surface area contributed by atoms with Crippen molar-refractivity contribution in [1.29, 1.82) is 5.26 Å². The van der Waals surface area contributed by atoms with Gasteiger partial charge in [0.25, 0.3) is 0 Å². The van der Waals surface area contributed by atoms with Crippen LogP contribution in [0.15, 0.2) is 18.2 Å². The molecule has 2 atom stereocenters. The number of hydrogen-bond acceptors (Lipinski definition) is 4. The summed E-state index contributed by atoms with van der Waals surface area (Å²) in [7, 11) is 0. The SMILES string of the molecule is N#Cc1cc(CN2CCCC2CN2CCCC2CO)ccc1F. The van der Waals surface area contributed by atoms with E-state index in [9.17, 15) is 9.50 Å². The third kappa shape index (κ3) is 3.72. The number of hydrogen-bond donors (Lipinski definition) is 1. The largest absolute Gasteiger partial charge is 0.395 e. The van der Waals surface area contributed by atoms with E-state index in [-0.39, 0.29) is 12.2 Å². The van der Waals surface area contributed by atoms with Gasteiger partial charge < -0.3 is 5.11 Å². The minimum absolute atomic E-state index is 0.123. The smallest absolute Gasteiger partial charge is 0.140 e. The van der Waals surface area contributed by atoms with Gasteiger partial charge in [-0.3, -0.25) is 9.80 Å². The van der Waals surface area contributed by atoms with E-state index in [2.05, 4.69) is 9.80 Å². The van der Waals surface area contributed by atoms with E-state index in [1.54, 1.807) is 12.1 Å². The zero-order valence-corrected chi connectivity index (χ0v) is 13.4. The maximum absolute atomic E-state index is 13.4. The van der Waals surface area contributed by atoms with Gasteiger partial charge in [0, 0.05) is 25.2 Å². The van der Waals surface area contributed by atoms with Crippen molar-refractivity contribution >= 4 is 0 Å². The average molecular weight is 317 g/mol. The Morgan fingerprint density at radius 3 is 2.65 bits per heavy atom. The Labute approximate surface area is 137 Å². The highest BCUT2D eigenvalue weighted by Crippen LogP contribution is 2.25. The first-order valence-corrected chi connectivity index (χ1v) is 8.48. The van der Waals surface area contributed by atoms with Crippen LogP contribution in [0.25, 0.3) is 0 Å². The van der Waals surface area contributed by atoms with Crippen molar-refractivity contribution in [3.8, 4) is 6.07 Å². The molecular formula is C18H24FN3O. The Morgan fingerprint density at radius 2 is 1.91 bits per heavy atom. The summed E-state index contributed by atoms with van der Waals surface area (Å²) in [6.07, 6.45) is 4.60. The highest BCUT2D eigenvalue weighted by molar-refractivity contribution is 5.34. The molecule has 1 aromatic rings. The summed E-state index contributed by atoms with van der Waals surface area (Å²) in [4.78, 5) is 4.84. The molecule has 3 rings (SSSR count). The molecule has 2 heterocycles. The van der Waals surface area contributed by atoms with Crippen molar-refractivity contribution in [2.45, 2.75) is 44.3 Å². The first-order chi connectivity index (χ1) is 11.2. The predicted octanol–water partition coefficient (Wildman–Crippen LogP) is 2.12. The standard InChI is InChI=1S/C18H24FN3O/c19-18-6-5-14(9-15(18)10-20)11-21-7-1-3-16(21)12-22-8-2-4-17(22)13-23/h5-6,9,16-17,23H,1-4,7-8,11-13H2. The molecule has 1 N–H and O–H groups in total. The van der Waals surface area contributed by atoms with Gasteiger partial charge in [-0.15, -0.1) is 0 Å². The molecular weight excluding hydrogens is 293 g/mol. The second kappa shape index (κ2) is 7.39. The Morgan fingerprint density at radius 1 is 1.17 bits per heavy atom. The number of rotatable bonds is 5. The van der Waals surface area contributed by atoms with Gasteiger partial charge in [0.1, 0.15) is 11.9 Å². The summed E-state index contributed by atoms with van der Waals surface area (Å²) in [6.45, 7) is 4.12. The molecule has 5 heteroatoms. The summed E-state index contributed by atoms with van der Waals surface area (Å²) in [6, 6.07) is 7.54. The number of benzene rings is 1. The van der Waals surface area contributed by atoms with Crippen LogP contribution in [0.1, 0.15) is 36.8 Å². The molecule has 1 aromatic carbocycles. The van der Waals surface area contributed by atoms with Gasteiger partial charge in [0.05, 0.1) is 12.2 Å². The van der Waals surface area contributed by atoms with Gasteiger partial charge >= 0.3 is 0 Å². The lowest BCUT2D eigenvalue weighted by Gasteiger charge is -2.31. The Hall–Kier alpha value is -1.48. The van der Waals surface area contributed by atoms with E-state index in [0.717, 1.165) is 38.2 Å². The van der Waals surface area contributed by atoms with Crippen LogP contribution in [-0.2, 0) is 6.54 Å². The van der Waals surface area contributed by atoms with Crippen molar-refractivity contribution in [1.82, 2.24) is 9.80 Å². The predicted molar refractivity (Wildman–Crippen MR) is 86.2 cm³/mol. The van der Waals surface area contributed by atoms with Crippen LogP contribution in [-0.4, -0.2) is 53.2 Å². The molecule has 0 amide bonds. The van der Waals surface area contributed by atoms with Crippen molar-refractivity contribution in [3.05, 3.63) is 35.1 Å². The number of aliphatic hydroxyl groups is 1. The van der Waals surface area contributed by atoms with Crippen LogP contribution in [0.5, 0.6) is 0 Å². The van der Waals surface area contributed by atoms with Gasteiger partial charge in [-0.05, 0) is 56.5 Å². The molecule has 0 spiro atoms. The monoisotopic (exact) mass is 317 g/mol. The van der Waals surface area contributed by atoms with Gasteiger partial charge in [0.2, 0.25) is 0 Å². The van der Waals surface area contributed by atoms with E-state index < -0.39 is 5.82 Å². The second-order valence-electron chi connectivity index (χ2n) is 6.67. The number of nitriles is 1. The zero-order valence-electron chi connectivity index (χ0n) is 13.4. The molecule has 0 aromatic heterocycles. The summed E-state index contributed by atoms with van der Waals surface area (Å²) in [5.41, 5.74) is 1.12. The molecule has 0 saturated carbocycles. The number of likely N-dealkylation sites (tertiary alicyclic amines) is 2. The first kappa shape index (κ1) is 16.4. The zero-order chi connectivity index (χ0) is 16.2. The third-order valence-corrected chi connectivity index (χ3v) is 5.19. The Balaban J connectivity index is 1.64. The summed E-state index contributed by atoms with van der Waals surface area (Å²) >= 11 is 0. The number of nitrogens with zero attached hydrogens (tertiary/aromatic N) is 3. The van der Waals surface area contributed by atoms with Crippen LogP contribution < -0.4 is 0 Å². The molecule has 2 aliphatic rings. The van der Waals surface area contributed by atoms with Gasteiger partial charge in [-0.1, -0.05) is 6.07 Å². The molecule has 2 aliphatic heterocycles. The third-order valence-electron chi connectivity index (χ3n) is 5.19. The first-order valence-electron chi connectivity index (χ1n) is 8.48. The van der Waals surface area contributed by atoms with E-state index in [0.29, 0.717) is 12.1 Å². The van der Waals surface area contributed by atoms with Crippen molar-refractivity contribution in [2.24, 2.45) is 0 Å². The fourth-order valence-corrected chi connectivity index (χ4v) is 3.91. The summed E-state index contributed by atoms with van der Waals surface area (Å²) in [5.74, 6) is -0.447. The maximum Gasteiger partial charge on any atom is 0.140 e. The Bertz CT molecular complexity index is 586. The van der Waals surface area contributed by atoms with Crippen molar-refractivity contribution < 1.29 is 9.50 Å². The maximum atomic E-state index is 13.4. The molecule has 23 heavy (non-hydrogen) atoms. The van der Waals surface area contributed by atoms with E-state index in [1.165, 1.54) is 25.3 Å². The minimum Gasteiger partial charge on any atom is -0.395 e. The molecule has 0 radical (unpaired) electrons. The quantitative estimate of drug-likeness (QED) is 0.904. The fourth-order valence-electron chi connectivity index (χ4n) is 3.91. The fraction of sp³-hybridized carbons (Fsp3) is 0.611. The summed E-state index contributed by atoms with van der Waals surface area (Å²) < 4.78 is 13.4. The van der Waals surface area contributed by atoms with Crippen molar-refractivity contribution in [3.63, 3.8) is 0 Å². The lowest BCUT2D eigenvalue weighted by Crippen LogP contribution is -2.43. The van der Waals surface area contributed by atoms with Crippen LogP contribution in [0, 0.1) is 17.1 Å². The Kier molecular flexibility index (Phi) is 5.27. The second-order valence-corrected chi connectivity index (χ2v) is 6.67. The lowest BCUT2D eigenvalue weighted by molar-refractivity contribution is 0.120. The van der Waals surface area contributed by atoms with Gasteiger partial charge in [0.15, 0.2) is 0 Å². The average Bonchev–Trinajstić information content (AvgIpc) is 3.19. The molecule has 2 unspecified atom stereocenters. The van der Waals surface area contributed by atoms with Gasteiger partial charge in [-0.25, -0.2) is 4.39 Å². The lowest BCUT2D eigenvalue weighted by atomic mass is 10.1. The topological polar surface area (TPSA) is 50.5 Å². The minimum atomic E-state index is -0.447. The molecule has 0 bridgehead atoms. The highest BCUT2D eigenvalue weighted by Gasteiger charge is 2.31. The highest BCUT2D eigenvalue weighted by atomic mass is 19.1. The van der Waals surface area contributed by atoms with E-state index in [1.807, 2.05) is 6.07 Å². The summed E-state index contributed by atoms with van der Waals surface area (Å²) in [5, 5.41) is 18.4. The van der Waals surface area contributed by atoms with Crippen LogP contribution in [0.3, 0.4) is 0 Å². The van der Waals surface area contributed by atoms with E-state index >= 15 is 0 Å². The molecule has 0 aliphatic carbocycles. The van der Waals surface area contributed by atoms with Crippen LogP contribution in [0.2, 0.25) is 0 Å². The van der Waals surface area contributed by atoms with Gasteiger partial charge in [-0.2, -0.15) is 5.26 Å². The van der Waals surface area contributed by atoms with E-state index in [4.69, 9.17) is 5.26 Å². The van der Waals surface area contributed by atoms with Crippen LogP contribution >= 0.6 is 0 Å². The number of aliphatic hydroxyl groups excluding tert-OH is 1. The normalized spacial score (nSPS) is 25.8. The van der Waals surface area contributed by atoms with Crippen LogP contribution in [0.4, 0.5) is 4.39 Å². The molecule has 124 valence electrons. The van der Waals surface area contributed by atoms with Crippen molar-refractivity contribution in [2.75, 3.05) is 26.2 Å².